The summed E-state index contributed by atoms with van der Waals surface area (Å²) in [6.45, 7) is 0. The Hall–Kier alpha value is -3.79. The van der Waals surface area contributed by atoms with Crippen molar-refractivity contribution in [3.8, 4) is 28.7 Å². The van der Waals surface area contributed by atoms with Gasteiger partial charge in [-0.15, -0.1) is 10.2 Å². The van der Waals surface area contributed by atoms with Crippen molar-refractivity contribution < 1.29 is 28.5 Å². The largest absolute Gasteiger partial charge is 0.493 e. The van der Waals surface area contributed by atoms with E-state index < -0.39 is 0 Å². The number of aromatic nitrogens is 2. The number of anilines is 1. The molecule has 0 spiro atoms. The van der Waals surface area contributed by atoms with E-state index in [9.17, 15) is 4.79 Å². The van der Waals surface area contributed by atoms with Gasteiger partial charge in [-0.3, -0.25) is 10.1 Å². The fourth-order valence-electron chi connectivity index (χ4n) is 3.06. The highest BCUT2D eigenvalue weighted by molar-refractivity contribution is 7.15. The molecule has 0 saturated carbocycles. The third-order valence-corrected chi connectivity index (χ3v) is 5.45. The number of nitrogens with one attached hydrogen (secondary N) is 1. The Balaban J connectivity index is 1.66. The van der Waals surface area contributed by atoms with Gasteiger partial charge in [-0.25, -0.2) is 0 Å². The van der Waals surface area contributed by atoms with Crippen LogP contribution in [0, 0.1) is 0 Å². The molecule has 0 radical (unpaired) electrons. The van der Waals surface area contributed by atoms with E-state index in [0.29, 0.717) is 45.9 Å². The lowest BCUT2D eigenvalue weighted by atomic mass is 10.1. The minimum atomic E-state index is -0.336. The highest BCUT2D eigenvalue weighted by Gasteiger charge is 2.13. The van der Waals surface area contributed by atoms with E-state index in [4.69, 9.17) is 23.7 Å². The molecule has 1 aromatic heterocycles. The maximum absolute atomic E-state index is 12.4. The molecule has 0 aliphatic heterocycles. The number of carbonyl (C=O) groups is 1. The molecule has 9 nitrogen and oxygen atoms in total. The van der Waals surface area contributed by atoms with Crippen LogP contribution in [0.3, 0.4) is 0 Å². The van der Waals surface area contributed by atoms with Crippen LogP contribution in [0.1, 0.15) is 16.1 Å². The normalized spacial score (nSPS) is 10.7. The fraction of sp³-hybridized carbons (Fsp3) is 0.261. The van der Waals surface area contributed by atoms with E-state index in [1.54, 1.807) is 32.4 Å². The van der Waals surface area contributed by atoms with Gasteiger partial charge < -0.3 is 23.7 Å². The Bertz CT molecular complexity index is 1120. The SMILES string of the molecule is COc1ccc(Cc2nnc(NC(=O)C=Cc3cc(OC)c(OC)c(OC)c3)s2)cc1OC. The van der Waals surface area contributed by atoms with Crippen molar-refractivity contribution in [3.63, 3.8) is 0 Å². The Morgan fingerprint density at radius 3 is 2.15 bits per heavy atom. The number of rotatable bonds is 10. The summed E-state index contributed by atoms with van der Waals surface area (Å²) in [4.78, 5) is 12.4. The number of methoxy groups -OCH3 is 5. The second-order valence-corrected chi connectivity index (χ2v) is 7.71. The molecule has 1 amide bonds. The Labute approximate surface area is 195 Å². The summed E-state index contributed by atoms with van der Waals surface area (Å²) < 4.78 is 26.6. The van der Waals surface area contributed by atoms with Crippen LogP contribution >= 0.6 is 11.3 Å². The zero-order valence-electron chi connectivity index (χ0n) is 19.0. The summed E-state index contributed by atoms with van der Waals surface area (Å²) in [7, 11) is 7.78. The molecule has 174 valence electrons. The van der Waals surface area contributed by atoms with Crippen molar-refractivity contribution in [2.75, 3.05) is 40.9 Å². The van der Waals surface area contributed by atoms with E-state index in [0.717, 1.165) is 10.6 Å². The second-order valence-electron chi connectivity index (χ2n) is 6.65. The van der Waals surface area contributed by atoms with E-state index in [1.165, 1.54) is 38.7 Å². The number of amides is 1. The van der Waals surface area contributed by atoms with Gasteiger partial charge in [0.15, 0.2) is 23.0 Å². The van der Waals surface area contributed by atoms with Crippen LogP contribution in [-0.4, -0.2) is 51.7 Å². The third kappa shape index (κ3) is 5.92. The molecule has 2 aromatic carbocycles. The highest BCUT2D eigenvalue weighted by Crippen LogP contribution is 2.38. The third-order valence-electron chi connectivity index (χ3n) is 4.61. The summed E-state index contributed by atoms with van der Waals surface area (Å²) in [5.74, 6) is 2.45. The molecular formula is C23H25N3O6S. The van der Waals surface area contributed by atoms with Crippen LogP contribution in [0.5, 0.6) is 28.7 Å². The first-order valence-corrected chi connectivity index (χ1v) is 10.6. The van der Waals surface area contributed by atoms with Crippen molar-refractivity contribution in [1.29, 1.82) is 0 Å². The van der Waals surface area contributed by atoms with Crippen LogP contribution in [0.15, 0.2) is 36.4 Å². The molecule has 10 heteroatoms. The van der Waals surface area contributed by atoms with Crippen LogP contribution in [0.4, 0.5) is 5.13 Å². The number of hydrogen-bond acceptors (Lipinski definition) is 9. The minimum absolute atomic E-state index is 0.336. The molecule has 0 bridgehead atoms. The molecule has 1 N–H and O–H groups in total. The second kappa shape index (κ2) is 11.2. The molecule has 1 heterocycles. The van der Waals surface area contributed by atoms with Crippen molar-refractivity contribution in [2.24, 2.45) is 0 Å². The maximum Gasteiger partial charge on any atom is 0.250 e. The number of nitrogens with zero attached hydrogens (tertiary/aromatic N) is 2. The Morgan fingerprint density at radius 1 is 0.879 bits per heavy atom. The van der Waals surface area contributed by atoms with Crippen LogP contribution in [0.2, 0.25) is 0 Å². The van der Waals surface area contributed by atoms with E-state index in [2.05, 4.69) is 15.5 Å². The van der Waals surface area contributed by atoms with Crippen LogP contribution in [0.25, 0.3) is 6.08 Å². The topological polar surface area (TPSA) is 101 Å². The van der Waals surface area contributed by atoms with Crippen molar-refractivity contribution in [2.45, 2.75) is 6.42 Å². The Morgan fingerprint density at radius 2 is 1.55 bits per heavy atom. The molecule has 0 aliphatic carbocycles. The lowest BCUT2D eigenvalue weighted by Gasteiger charge is -2.12. The maximum atomic E-state index is 12.4. The van der Waals surface area contributed by atoms with E-state index in [1.807, 2.05) is 18.2 Å². The molecule has 3 aromatic rings. The van der Waals surface area contributed by atoms with Gasteiger partial charge in [0.25, 0.3) is 0 Å². The lowest BCUT2D eigenvalue weighted by Crippen LogP contribution is -2.07. The van der Waals surface area contributed by atoms with Crippen LogP contribution < -0.4 is 29.0 Å². The summed E-state index contributed by atoms with van der Waals surface area (Å²) in [6.07, 6.45) is 3.59. The van der Waals surface area contributed by atoms with Crippen molar-refractivity contribution in [1.82, 2.24) is 10.2 Å². The molecule has 0 saturated heterocycles. The quantitative estimate of drug-likeness (QED) is 0.446. The van der Waals surface area contributed by atoms with Crippen molar-refractivity contribution in [3.05, 3.63) is 52.5 Å². The van der Waals surface area contributed by atoms with Gasteiger partial charge in [0.05, 0.1) is 35.5 Å². The summed E-state index contributed by atoms with van der Waals surface area (Å²) in [5.41, 5.74) is 1.70. The first-order valence-electron chi connectivity index (χ1n) is 9.83. The molecular weight excluding hydrogens is 446 g/mol. The first kappa shape index (κ1) is 23.9. The number of hydrogen-bond donors (Lipinski definition) is 1. The molecule has 3 rings (SSSR count). The van der Waals surface area contributed by atoms with E-state index >= 15 is 0 Å². The first-order chi connectivity index (χ1) is 16.0. The summed E-state index contributed by atoms with van der Waals surface area (Å²) >= 11 is 1.30. The minimum Gasteiger partial charge on any atom is -0.493 e. The smallest absolute Gasteiger partial charge is 0.250 e. The lowest BCUT2D eigenvalue weighted by molar-refractivity contribution is -0.111. The fourth-order valence-corrected chi connectivity index (χ4v) is 3.83. The predicted molar refractivity (Wildman–Crippen MR) is 126 cm³/mol. The zero-order chi connectivity index (χ0) is 23.8. The van der Waals surface area contributed by atoms with Gasteiger partial charge in [0.2, 0.25) is 16.8 Å². The zero-order valence-corrected chi connectivity index (χ0v) is 19.8. The van der Waals surface area contributed by atoms with Gasteiger partial charge in [0.1, 0.15) is 5.01 Å². The number of ether oxygens (including phenoxy) is 5. The summed E-state index contributed by atoms with van der Waals surface area (Å²) in [5, 5.41) is 12.1. The van der Waals surface area contributed by atoms with Gasteiger partial charge in [-0.1, -0.05) is 17.4 Å². The van der Waals surface area contributed by atoms with Crippen LogP contribution in [-0.2, 0) is 11.2 Å². The Kier molecular flexibility index (Phi) is 8.09. The molecule has 0 fully saturated rings. The average Bonchev–Trinajstić information content (AvgIpc) is 3.28. The molecule has 0 atom stereocenters. The predicted octanol–water partition coefficient (Wildman–Crippen LogP) is 3.82. The van der Waals surface area contributed by atoms with Gasteiger partial charge >= 0.3 is 0 Å². The van der Waals surface area contributed by atoms with Gasteiger partial charge in [-0.05, 0) is 41.5 Å². The average molecular weight is 472 g/mol. The monoisotopic (exact) mass is 471 g/mol. The molecule has 33 heavy (non-hydrogen) atoms. The van der Waals surface area contributed by atoms with Gasteiger partial charge in [0, 0.05) is 12.5 Å². The van der Waals surface area contributed by atoms with Crippen molar-refractivity contribution >= 4 is 28.5 Å². The number of benzene rings is 2. The number of carbonyl (C=O) groups excluding carboxylic acids is 1. The summed E-state index contributed by atoms with van der Waals surface area (Å²) in [6, 6.07) is 9.15. The van der Waals surface area contributed by atoms with Gasteiger partial charge in [-0.2, -0.15) is 0 Å². The highest BCUT2D eigenvalue weighted by atomic mass is 32.1. The van der Waals surface area contributed by atoms with E-state index in [-0.39, 0.29) is 5.91 Å². The molecule has 0 unspecified atom stereocenters. The molecule has 0 aliphatic rings. The standard InChI is InChI=1S/C23H25N3O6S/c1-28-16-8-6-15(10-17(16)29-2)13-21-25-26-23(33-21)24-20(27)9-7-14-11-18(30-3)22(32-5)19(12-14)31-4/h6-12H,13H2,1-5H3,(H,24,26,27).